The Bertz CT molecular complexity index is 364. The first-order chi connectivity index (χ1) is 5.86. The molecule has 0 fully saturated rings. The molecule has 0 saturated carbocycles. The van der Waals surface area contributed by atoms with Crippen molar-refractivity contribution in [2.45, 2.75) is 0 Å². The minimum atomic E-state index is 0.763. The fourth-order valence-electron chi connectivity index (χ4n) is 1.13. The Hall–Kier alpha value is -1.21. The van der Waals surface area contributed by atoms with Crippen molar-refractivity contribution in [3.63, 3.8) is 0 Å². The Labute approximate surface area is 76.2 Å². The highest BCUT2D eigenvalue weighted by Crippen LogP contribution is 2.13. The predicted molar refractivity (Wildman–Crippen MR) is 50.8 cm³/mol. The van der Waals surface area contributed by atoms with Gasteiger partial charge in [-0.15, -0.1) is 0 Å². The van der Waals surface area contributed by atoms with E-state index in [2.05, 4.69) is 0 Å². The van der Waals surface area contributed by atoms with Crippen molar-refractivity contribution in [2.75, 3.05) is 0 Å². The summed E-state index contributed by atoms with van der Waals surface area (Å²) in [5.74, 6) is 0. The quantitative estimate of drug-likeness (QED) is 0.631. The maximum Gasteiger partial charge on any atom is 0.0586 e. The van der Waals surface area contributed by atoms with Crippen LogP contribution in [0.2, 0.25) is 5.02 Å². The van der Waals surface area contributed by atoms with Gasteiger partial charge in [0.2, 0.25) is 0 Å². The standard InChI is InChI=1S/C10H8ClN/c11-9-6-7-12(8-9)10-4-2-1-3-5-10/h1-8H. The summed E-state index contributed by atoms with van der Waals surface area (Å²) in [7, 11) is 0. The van der Waals surface area contributed by atoms with Crippen molar-refractivity contribution >= 4 is 11.6 Å². The van der Waals surface area contributed by atoms with E-state index in [1.807, 2.05) is 53.4 Å². The van der Waals surface area contributed by atoms with Crippen LogP contribution in [0.25, 0.3) is 5.69 Å². The molecule has 0 unspecified atom stereocenters. The van der Waals surface area contributed by atoms with E-state index in [-0.39, 0.29) is 0 Å². The normalized spacial score (nSPS) is 10.1. The second-order valence-corrected chi connectivity index (χ2v) is 3.01. The lowest BCUT2D eigenvalue weighted by Gasteiger charge is -1.99. The summed E-state index contributed by atoms with van der Waals surface area (Å²) in [5.41, 5.74) is 1.13. The Kier molecular flexibility index (Phi) is 1.88. The van der Waals surface area contributed by atoms with E-state index in [0.29, 0.717) is 0 Å². The Morgan fingerprint density at radius 1 is 1.00 bits per heavy atom. The number of halogens is 1. The molecule has 0 atom stereocenters. The van der Waals surface area contributed by atoms with Crippen molar-refractivity contribution in [3.8, 4) is 5.69 Å². The molecule has 2 aromatic rings. The van der Waals surface area contributed by atoms with Crippen molar-refractivity contribution < 1.29 is 0 Å². The molecule has 1 aromatic carbocycles. The van der Waals surface area contributed by atoms with Gasteiger partial charge < -0.3 is 4.57 Å². The fourth-order valence-corrected chi connectivity index (χ4v) is 1.29. The van der Waals surface area contributed by atoms with E-state index < -0.39 is 0 Å². The zero-order valence-corrected chi connectivity index (χ0v) is 7.20. The monoisotopic (exact) mass is 177 g/mol. The van der Waals surface area contributed by atoms with Crippen molar-refractivity contribution in [2.24, 2.45) is 0 Å². The van der Waals surface area contributed by atoms with E-state index in [1.54, 1.807) is 0 Å². The third-order valence-corrected chi connectivity index (χ3v) is 1.93. The molecule has 0 radical (unpaired) electrons. The van der Waals surface area contributed by atoms with Crippen LogP contribution in [0.3, 0.4) is 0 Å². The molecule has 1 aromatic heterocycles. The van der Waals surface area contributed by atoms with Crippen molar-refractivity contribution in [1.82, 2.24) is 4.57 Å². The third kappa shape index (κ3) is 1.36. The lowest BCUT2D eigenvalue weighted by molar-refractivity contribution is 1.08. The first-order valence-corrected chi connectivity index (χ1v) is 4.13. The minimum absolute atomic E-state index is 0.763. The van der Waals surface area contributed by atoms with Gasteiger partial charge in [0.25, 0.3) is 0 Å². The van der Waals surface area contributed by atoms with Crippen LogP contribution in [0.15, 0.2) is 48.8 Å². The molecule has 0 aliphatic rings. The van der Waals surface area contributed by atoms with E-state index >= 15 is 0 Å². The number of rotatable bonds is 1. The molecule has 0 aliphatic carbocycles. The maximum atomic E-state index is 5.79. The van der Waals surface area contributed by atoms with Gasteiger partial charge in [-0.05, 0) is 18.2 Å². The van der Waals surface area contributed by atoms with E-state index in [4.69, 9.17) is 11.6 Å². The molecule has 60 valence electrons. The molecular formula is C10H8ClN. The average Bonchev–Trinajstić information content (AvgIpc) is 2.54. The number of para-hydroxylation sites is 1. The second kappa shape index (κ2) is 3.03. The first-order valence-electron chi connectivity index (χ1n) is 3.75. The Morgan fingerprint density at radius 3 is 2.33 bits per heavy atom. The SMILES string of the molecule is Clc1ccn(-c2ccccc2)c1. The molecule has 0 amide bonds. The topological polar surface area (TPSA) is 4.93 Å². The van der Waals surface area contributed by atoms with Gasteiger partial charge in [-0.1, -0.05) is 29.8 Å². The summed E-state index contributed by atoms with van der Waals surface area (Å²) in [4.78, 5) is 0. The lowest BCUT2D eigenvalue weighted by Crippen LogP contribution is -1.86. The van der Waals surface area contributed by atoms with Crippen molar-refractivity contribution in [3.05, 3.63) is 53.8 Å². The number of nitrogens with zero attached hydrogens (tertiary/aromatic N) is 1. The first kappa shape index (κ1) is 7.44. The molecule has 0 bridgehead atoms. The summed E-state index contributed by atoms with van der Waals surface area (Å²) < 4.78 is 1.99. The summed E-state index contributed by atoms with van der Waals surface area (Å²) in [6.45, 7) is 0. The molecule has 1 nitrogen and oxygen atoms in total. The predicted octanol–water partition coefficient (Wildman–Crippen LogP) is 3.13. The number of hydrogen-bond donors (Lipinski definition) is 0. The Morgan fingerprint density at radius 2 is 1.75 bits per heavy atom. The summed E-state index contributed by atoms with van der Waals surface area (Å²) >= 11 is 5.79. The van der Waals surface area contributed by atoms with Crippen LogP contribution in [0.5, 0.6) is 0 Å². The molecule has 0 saturated heterocycles. The van der Waals surface area contributed by atoms with E-state index in [1.165, 1.54) is 0 Å². The van der Waals surface area contributed by atoms with Gasteiger partial charge >= 0.3 is 0 Å². The van der Waals surface area contributed by atoms with Crippen LogP contribution in [-0.4, -0.2) is 4.57 Å². The average molecular weight is 178 g/mol. The zero-order valence-electron chi connectivity index (χ0n) is 6.44. The molecule has 0 aliphatic heterocycles. The largest absolute Gasteiger partial charge is 0.322 e. The van der Waals surface area contributed by atoms with E-state index in [9.17, 15) is 0 Å². The molecule has 2 heteroatoms. The number of benzene rings is 1. The van der Waals surface area contributed by atoms with Gasteiger partial charge in [0.1, 0.15) is 0 Å². The molecule has 1 heterocycles. The highest BCUT2D eigenvalue weighted by Gasteiger charge is 1.94. The van der Waals surface area contributed by atoms with Crippen LogP contribution in [0.4, 0.5) is 0 Å². The van der Waals surface area contributed by atoms with Crippen LogP contribution in [0.1, 0.15) is 0 Å². The third-order valence-electron chi connectivity index (χ3n) is 1.71. The van der Waals surface area contributed by atoms with Crippen LogP contribution in [0, 0.1) is 0 Å². The number of hydrogen-bond acceptors (Lipinski definition) is 0. The zero-order chi connectivity index (χ0) is 8.39. The molecule has 2 rings (SSSR count). The van der Waals surface area contributed by atoms with E-state index in [0.717, 1.165) is 10.7 Å². The molecule has 12 heavy (non-hydrogen) atoms. The lowest BCUT2D eigenvalue weighted by atomic mass is 10.3. The minimum Gasteiger partial charge on any atom is -0.322 e. The van der Waals surface area contributed by atoms with Gasteiger partial charge in [0, 0.05) is 18.1 Å². The Balaban J connectivity index is 2.45. The summed E-state index contributed by atoms with van der Waals surface area (Å²) in [5, 5.41) is 0.763. The highest BCUT2D eigenvalue weighted by molar-refractivity contribution is 6.30. The van der Waals surface area contributed by atoms with Gasteiger partial charge in [-0.2, -0.15) is 0 Å². The van der Waals surface area contributed by atoms with Gasteiger partial charge in [-0.25, -0.2) is 0 Å². The fraction of sp³-hybridized carbons (Fsp3) is 0. The van der Waals surface area contributed by atoms with Crippen molar-refractivity contribution in [1.29, 1.82) is 0 Å². The highest BCUT2D eigenvalue weighted by atomic mass is 35.5. The summed E-state index contributed by atoms with van der Waals surface area (Å²) in [6.07, 6.45) is 3.83. The van der Waals surface area contributed by atoms with Crippen LogP contribution >= 0.6 is 11.6 Å². The van der Waals surface area contributed by atoms with Gasteiger partial charge in [-0.3, -0.25) is 0 Å². The number of aromatic nitrogens is 1. The second-order valence-electron chi connectivity index (χ2n) is 2.57. The molecular weight excluding hydrogens is 170 g/mol. The maximum absolute atomic E-state index is 5.79. The van der Waals surface area contributed by atoms with Gasteiger partial charge in [0.15, 0.2) is 0 Å². The summed E-state index contributed by atoms with van der Waals surface area (Å²) in [6, 6.07) is 11.9. The smallest absolute Gasteiger partial charge is 0.0586 e. The molecule has 0 N–H and O–H groups in total. The van der Waals surface area contributed by atoms with Crippen LogP contribution < -0.4 is 0 Å². The van der Waals surface area contributed by atoms with Crippen LogP contribution in [-0.2, 0) is 0 Å². The molecule has 0 spiro atoms. The van der Waals surface area contributed by atoms with Gasteiger partial charge in [0.05, 0.1) is 5.02 Å².